The Morgan fingerprint density at radius 1 is 1.36 bits per heavy atom. The quantitative estimate of drug-likeness (QED) is 0.554. The van der Waals surface area contributed by atoms with Crippen molar-refractivity contribution in [3.05, 3.63) is 30.3 Å². The van der Waals surface area contributed by atoms with E-state index >= 15 is 0 Å². The molecule has 0 heterocycles. The first-order chi connectivity index (χ1) is 6.83. The van der Waals surface area contributed by atoms with Crippen molar-refractivity contribution in [1.29, 1.82) is 0 Å². The zero-order chi connectivity index (χ0) is 10.2. The molecule has 0 radical (unpaired) electrons. The van der Waals surface area contributed by atoms with Crippen LogP contribution in [0, 0.1) is 11.8 Å². The van der Waals surface area contributed by atoms with E-state index in [0.29, 0.717) is 12.2 Å². The van der Waals surface area contributed by atoms with Crippen LogP contribution in [0.25, 0.3) is 0 Å². The number of Topliss-reactive ketones (excluding diaryl/α,β-unsaturated/α-hetero) is 1. The molecule has 2 heteroatoms. The molecule has 14 heavy (non-hydrogen) atoms. The highest BCUT2D eigenvalue weighted by Crippen LogP contribution is 2.16. The molecular formula is C12H12OS. The lowest BCUT2D eigenvalue weighted by Crippen LogP contribution is -1.98. The minimum Gasteiger partial charge on any atom is -0.298 e. The van der Waals surface area contributed by atoms with Crippen LogP contribution in [-0.2, 0) is 4.79 Å². The Hall–Kier alpha value is -1.20. The first kappa shape index (κ1) is 10.9. The van der Waals surface area contributed by atoms with Crippen molar-refractivity contribution in [3.8, 4) is 11.8 Å². The Morgan fingerprint density at radius 2 is 2.07 bits per heavy atom. The van der Waals surface area contributed by atoms with Crippen LogP contribution < -0.4 is 0 Å². The average Bonchev–Trinajstić information content (AvgIpc) is 2.25. The number of hydrogen-bond donors (Lipinski definition) is 0. The molecule has 0 unspecified atom stereocenters. The molecule has 0 spiro atoms. The summed E-state index contributed by atoms with van der Waals surface area (Å²) >= 11 is 1.56. The normalized spacial score (nSPS) is 8.93. The standard InChI is InChI=1S/C12H12OS/c1-2-3-7-11(13)10-14-12-8-5-4-6-9-12/h4-6,8-9H,7,10H2,1H3. The smallest absolute Gasteiger partial charge is 0.154 e. The maximum Gasteiger partial charge on any atom is 0.154 e. The maximum atomic E-state index is 11.3. The van der Waals surface area contributed by atoms with Gasteiger partial charge in [0.25, 0.3) is 0 Å². The molecule has 0 saturated heterocycles. The fourth-order valence-electron chi connectivity index (χ4n) is 0.919. The number of ketones is 1. The predicted molar refractivity (Wildman–Crippen MR) is 60.2 cm³/mol. The molecule has 0 aliphatic carbocycles. The molecule has 1 aromatic carbocycles. The van der Waals surface area contributed by atoms with Crippen molar-refractivity contribution in [2.24, 2.45) is 0 Å². The second-order valence-electron chi connectivity index (χ2n) is 2.74. The second kappa shape index (κ2) is 6.28. The fourth-order valence-corrected chi connectivity index (χ4v) is 1.70. The van der Waals surface area contributed by atoms with Crippen molar-refractivity contribution < 1.29 is 4.79 Å². The number of thioether (sulfide) groups is 1. The van der Waals surface area contributed by atoms with E-state index in [2.05, 4.69) is 11.8 Å². The van der Waals surface area contributed by atoms with Gasteiger partial charge in [-0.3, -0.25) is 4.79 Å². The van der Waals surface area contributed by atoms with E-state index in [1.165, 1.54) is 0 Å². The number of carbonyl (C=O) groups excluding carboxylic acids is 1. The van der Waals surface area contributed by atoms with Gasteiger partial charge >= 0.3 is 0 Å². The number of carbonyl (C=O) groups is 1. The van der Waals surface area contributed by atoms with Gasteiger partial charge in [0.2, 0.25) is 0 Å². The Morgan fingerprint density at radius 3 is 2.71 bits per heavy atom. The van der Waals surface area contributed by atoms with Gasteiger partial charge in [-0.1, -0.05) is 24.1 Å². The summed E-state index contributed by atoms with van der Waals surface area (Å²) in [7, 11) is 0. The summed E-state index contributed by atoms with van der Waals surface area (Å²) in [6, 6.07) is 9.92. The zero-order valence-corrected chi connectivity index (χ0v) is 8.93. The molecule has 1 nitrogen and oxygen atoms in total. The SMILES string of the molecule is CC#CCC(=O)CSc1ccccc1. The van der Waals surface area contributed by atoms with Gasteiger partial charge in [-0.15, -0.1) is 17.7 Å². The minimum atomic E-state index is 0.188. The molecule has 0 aliphatic rings. The summed E-state index contributed by atoms with van der Waals surface area (Å²) in [5.41, 5.74) is 0. The first-order valence-electron chi connectivity index (χ1n) is 4.42. The summed E-state index contributed by atoms with van der Waals surface area (Å²) in [6.45, 7) is 1.75. The largest absolute Gasteiger partial charge is 0.298 e. The average molecular weight is 204 g/mol. The van der Waals surface area contributed by atoms with E-state index in [4.69, 9.17) is 0 Å². The van der Waals surface area contributed by atoms with Crippen molar-refractivity contribution in [2.45, 2.75) is 18.2 Å². The molecule has 0 atom stereocenters. The first-order valence-corrected chi connectivity index (χ1v) is 5.40. The molecule has 1 rings (SSSR count). The molecule has 0 saturated carbocycles. The Labute approximate surface area is 88.9 Å². The van der Waals surface area contributed by atoms with Crippen LogP contribution >= 0.6 is 11.8 Å². The lowest BCUT2D eigenvalue weighted by molar-refractivity contribution is -0.115. The second-order valence-corrected chi connectivity index (χ2v) is 3.79. The van der Waals surface area contributed by atoms with Crippen LogP contribution in [0.15, 0.2) is 35.2 Å². The summed E-state index contributed by atoms with van der Waals surface area (Å²) in [6.07, 6.45) is 0.371. The third-order valence-electron chi connectivity index (χ3n) is 1.61. The van der Waals surface area contributed by atoms with Crippen molar-refractivity contribution in [3.63, 3.8) is 0 Å². The van der Waals surface area contributed by atoms with Crippen LogP contribution in [0.2, 0.25) is 0 Å². The summed E-state index contributed by atoms with van der Waals surface area (Å²) in [4.78, 5) is 12.4. The Kier molecular flexibility index (Phi) is 4.88. The lowest BCUT2D eigenvalue weighted by Gasteiger charge is -1.97. The van der Waals surface area contributed by atoms with Gasteiger partial charge in [0, 0.05) is 4.90 Å². The summed E-state index contributed by atoms with van der Waals surface area (Å²) in [5, 5.41) is 0. The van der Waals surface area contributed by atoms with E-state index < -0.39 is 0 Å². The highest BCUT2D eigenvalue weighted by molar-refractivity contribution is 8.00. The van der Waals surface area contributed by atoms with E-state index in [9.17, 15) is 4.79 Å². The molecule has 72 valence electrons. The van der Waals surface area contributed by atoms with E-state index in [0.717, 1.165) is 4.90 Å². The van der Waals surface area contributed by atoms with Crippen molar-refractivity contribution >= 4 is 17.5 Å². The monoisotopic (exact) mass is 204 g/mol. The molecule has 0 amide bonds. The molecule has 0 aromatic heterocycles. The highest BCUT2D eigenvalue weighted by Gasteiger charge is 2.00. The third kappa shape index (κ3) is 4.15. The van der Waals surface area contributed by atoms with Crippen LogP contribution in [0.3, 0.4) is 0 Å². The van der Waals surface area contributed by atoms with Crippen LogP contribution in [0.5, 0.6) is 0 Å². The topological polar surface area (TPSA) is 17.1 Å². The Balaban J connectivity index is 2.33. The van der Waals surface area contributed by atoms with E-state index in [-0.39, 0.29) is 5.78 Å². The minimum absolute atomic E-state index is 0.188. The van der Waals surface area contributed by atoms with Gasteiger partial charge in [0.1, 0.15) is 0 Å². The molecule has 0 N–H and O–H groups in total. The van der Waals surface area contributed by atoms with Crippen LogP contribution in [0.4, 0.5) is 0 Å². The van der Waals surface area contributed by atoms with Gasteiger partial charge in [0.15, 0.2) is 5.78 Å². The maximum absolute atomic E-state index is 11.3. The number of benzene rings is 1. The van der Waals surface area contributed by atoms with Gasteiger partial charge in [-0.2, -0.15) is 0 Å². The molecule has 0 aliphatic heterocycles. The summed E-state index contributed by atoms with van der Waals surface area (Å²) in [5.74, 6) is 6.19. The predicted octanol–water partition coefficient (Wildman–Crippen LogP) is 2.76. The van der Waals surface area contributed by atoms with Crippen LogP contribution in [-0.4, -0.2) is 11.5 Å². The van der Waals surface area contributed by atoms with Crippen LogP contribution in [0.1, 0.15) is 13.3 Å². The zero-order valence-electron chi connectivity index (χ0n) is 8.12. The molecular weight excluding hydrogens is 192 g/mol. The van der Waals surface area contributed by atoms with Gasteiger partial charge in [-0.25, -0.2) is 0 Å². The van der Waals surface area contributed by atoms with E-state index in [1.54, 1.807) is 18.7 Å². The summed E-state index contributed by atoms with van der Waals surface area (Å²) < 4.78 is 0. The van der Waals surface area contributed by atoms with Gasteiger partial charge < -0.3 is 0 Å². The lowest BCUT2D eigenvalue weighted by atomic mass is 10.3. The van der Waals surface area contributed by atoms with Gasteiger partial charge in [-0.05, 0) is 19.1 Å². The third-order valence-corrected chi connectivity index (χ3v) is 2.68. The number of rotatable bonds is 4. The van der Waals surface area contributed by atoms with E-state index in [1.807, 2.05) is 30.3 Å². The van der Waals surface area contributed by atoms with Gasteiger partial charge in [0.05, 0.1) is 12.2 Å². The molecule has 0 fully saturated rings. The fraction of sp³-hybridized carbons (Fsp3) is 0.250. The number of hydrogen-bond acceptors (Lipinski definition) is 2. The molecule has 1 aromatic rings. The highest BCUT2D eigenvalue weighted by atomic mass is 32.2. The van der Waals surface area contributed by atoms with Crippen molar-refractivity contribution in [2.75, 3.05) is 5.75 Å². The van der Waals surface area contributed by atoms with Crippen molar-refractivity contribution in [1.82, 2.24) is 0 Å². The Bertz CT molecular complexity index is 346. The molecule has 0 bridgehead atoms.